The Kier molecular flexibility index (Phi) is 5.89. The lowest BCUT2D eigenvalue weighted by Gasteiger charge is -2.28. The predicted octanol–water partition coefficient (Wildman–Crippen LogP) is 1.01. The third kappa shape index (κ3) is 4.56. The molecule has 0 amide bonds. The molecule has 102 valence electrons. The van der Waals surface area contributed by atoms with Gasteiger partial charge >= 0.3 is 0 Å². The van der Waals surface area contributed by atoms with Crippen LogP contribution in [0.15, 0.2) is 0 Å². The summed E-state index contributed by atoms with van der Waals surface area (Å²) in [6.45, 7) is 5.77. The number of nitrogens with two attached hydrogens (primary N) is 1. The van der Waals surface area contributed by atoms with Crippen molar-refractivity contribution in [3.8, 4) is 0 Å². The zero-order chi connectivity index (χ0) is 12.9. The van der Waals surface area contributed by atoms with Crippen molar-refractivity contribution < 1.29 is 8.42 Å². The van der Waals surface area contributed by atoms with Crippen LogP contribution in [0.4, 0.5) is 0 Å². The Bertz CT molecular complexity index is 314. The van der Waals surface area contributed by atoms with Crippen LogP contribution in [0, 0.1) is 0 Å². The molecule has 1 aliphatic heterocycles. The zero-order valence-corrected chi connectivity index (χ0v) is 11.9. The molecule has 1 aliphatic rings. The molecule has 0 saturated carbocycles. The molecule has 1 fully saturated rings. The van der Waals surface area contributed by atoms with Crippen molar-refractivity contribution in [3.05, 3.63) is 0 Å². The first-order valence-electron chi connectivity index (χ1n) is 6.63. The topological polar surface area (TPSA) is 63.4 Å². The number of hydrogen-bond donors (Lipinski definition) is 1. The van der Waals surface area contributed by atoms with E-state index in [1.165, 1.54) is 12.8 Å². The average molecular weight is 262 g/mol. The first-order valence-corrected chi connectivity index (χ1v) is 8.34. The van der Waals surface area contributed by atoms with E-state index in [0.717, 1.165) is 19.4 Å². The van der Waals surface area contributed by atoms with Gasteiger partial charge in [-0.2, -0.15) is 0 Å². The van der Waals surface area contributed by atoms with Gasteiger partial charge in [-0.15, -0.1) is 0 Å². The third-order valence-electron chi connectivity index (χ3n) is 3.65. The van der Waals surface area contributed by atoms with Crippen LogP contribution in [0.5, 0.6) is 0 Å². The summed E-state index contributed by atoms with van der Waals surface area (Å²) in [7, 11) is -2.92. The Balaban J connectivity index is 2.53. The van der Waals surface area contributed by atoms with E-state index in [0.29, 0.717) is 19.1 Å². The van der Waals surface area contributed by atoms with Crippen molar-refractivity contribution in [2.24, 2.45) is 5.73 Å². The Morgan fingerprint density at radius 2 is 2.00 bits per heavy atom. The van der Waals surface area contributed by atoms with Crippen LogP contribution in [0.2, 0.25) is 0 Å². The van der Waals surface area contributed by atoms with E-state index in [1.54, 1.807) is 13.8 Å². The minimum absolute atomic E-state index is 0.265. The molecule has 0 spiro atoms. The van der Waals surface area contributed by atoms with Gasteiger partial charge in [-0.25, -0.2) is 8.42 Å². The van der Waals surface area contributed by atoms with E-state index in [-0.39, 0.29) is 11.0 Å². The molecule has 0 radical (unpaired) electrons. The number of sulfone groups is 1. The second-order valence-corrected chi connectivity index (χ2v) is 7.87. The molecule has 4 nitrogen and oxygen atoms in total. The van der Waals surface area contributed by atoms with Crippen LogP contribution in [0.25, 0.3) is 0 Å². The van der Waals surface area contributed by atoms with Gasteiger partial charge in [-0.1, -0.05) is 12.8 Å². The van der Waals surface area contributed by atoms with Gasteiger partial charge in [0, 0.05) is 19.1 Å². The summed E-state index contributed by atoms with van der Waals surface area (Å²) in [5.41, 5.74) is 5.77. The quantitative estimate of drug-likeness (QED) is 0.803. The maximum atomic E-state index is 11.8. The zero-order valence-electron chi connectivity index (χ0n) is 11.1. The summed E-state index contributed by atoms with van der Waals surface area (Å²) >= 11 is 0. The lowest BCUT2D eigenvalue weighted by atomic mass is 10.1. The van der Waals surface area contributed by atoms with Crippen molar-refractivity contribution in [1.29, 1.82) is 0 Å². The molecule has 0 aliphatic carbocycles. The van der Waals surface area contributed by atoms with Crippen LogP contribution in [-0.2, 0) is 9.84 Å². The lowest BCUT2D eigenvalue weighted by Crippen LogP contribution is -2.43. The van der Waals surface area contributed by atoms with Gasteiger partial charge in [0.2, 0.25) is 0 Å². The maximum Gasteiger partial charge on any atom is 0.153 e. The molecule has 1 unspecified atom stereocenters. The van der Waals surface area contributed by atoms with Gasteiger partial charge in [-0.3, -0.25) is 4.90 Å². The summed E-state index contributed by atoms with van der Waals surface area (Å²) < 4.78 is 23.6. The first-order chi connectivity index (χ1) is 7.97. The fourth-order valence-electron chi connectivity index (χ4n) is 2.28. The Hall–Kier alpha value is -0.130. The van der Waals surface area contributed by atoms with Gasteiger partial charge in [0.15, 0.2) is 9.84 Å². The minimum atomic E-state index is -2.92. The molecule has 1 rings (SSSR count). The molecule has 0 bridgehead atoms. The summed E-state index contributed by atoms with van der Waals surface area (Å²) in [6, 6.07) is 0.375. The largest absolute Gasteiger partial charge is 0.329 e. The van der Waals surface area contributed by atoms with Crippen molar-refractivity contribution >= 4 is 9.84 Å². The van der Waals surface area contributed by atoms with Crippen molar-refractivity contribution in [3.63, 3.8) is 0 Å². The highest BCUT2D eigenvalue weighted by Gasteiger charge is 2.23. The van der Waals surface area contributed by atoms with Crippen LogP contribution < -0.4 is 5.73 Å². The van der Waals surface area contributed by atoms with E-state index in [1.807, 2.05) is 0 Å². The van der Waals surface area contributed by atoms with Crippen molar-refractivity contribution in [2.45, 2.75) is 50.8 Å². The van der Waals surface area contributed by atoms with Crippen LogP contribution in [0.3, 0.4) is 0 Å². The van der Waals surface area contributed by atoms with Gasteiger partial charge in [0.1, 0.15) is 0 Å². The van der Waals surface area contributed by atoms with Gasteiger partial charge in [0.05, 0.1) is 11.0 Å². The lowest BCUT2D eigenvalue weighted by molar-refractivity contribution is 0.216. The van der Waals surface area contributed by atoms with Crippen molar-refractivity contribution in [1.82, 2.24) is 4.90 Å². The standard InChI is InChI=1S/C12H26N2O2S/c1-11(2)17(15,16)9-8-14-7-5-3-4-6-12(14)10-13/h11-12H,3-10,13H2,1-2H3. The Labute approximate surface area is 105 Å². The molecule has 2 N–H and O–H groups in total. The highest BCUT2D eigenvalue weighted by atomic mass is 32.2. The SMILES string of the molecule is CC(C)S(=O)(=O)CCN1CCCCCC1CN. The molecule has 17 heavy (non-hydrogen) atoms. The average Bonchev–Trinajstić information content (AvgIpc) is 2.50. The van der Waals surface area contributed by atoms with E-state index in [2.05, 4.69) is 4.90 Å². The molecule has 1 atom stereocenters. The number of rotatable bonds is 5. The monoisotopic (exact) mass is 262 g/mol. The van der Waals surface area contributed by atoms with E-state index >= 15 is 0 Å². The van der Waals surface area contributed by atoms with E-state index in [4.69, 9.17) is 5.73 Å². The van der Waals surface area contributed by atoms with Crippen LogP contribution >= 0.6 is 0 Å². The van der Waals surface area contributed by atoms with Gasteiger partial charge in [-0.05, 0) is 33.2 Å². The summed E-state index contributed by atoms with van der Waals surface area (Å²) in [6.07, 6.45) is 4.73. The van der Waals surface area contributed by atoms with Gasteiger partial charge < -0.3 is 5.73 Å². The Morgan fingerprint density at radius 1 is 1.29 bits per heavy atom. The second-order valence-electron chi connectivity index (χ2n) is 5.19. The second kappa shape index (κ2) is 6.71. The van der Waals surface area contributed by atoms with Crippen LogP contribution in [-0.4, -0.2) is 50.0 Å². The van der Waals surface area contributed by atoms with E-state index in [9.17, 15) is 8.42 Å². The number of likely N-dealkylation sites (tertiary alicyclic amines) is 1. The molecular weight excluding hydrogens is 236 g/mol. The van der Waals surface area contributed by atoms with Crippen LogP contribution in [0.1, 0.15) is 39.5 Å². The highest BCUT2D eigenvalue weighted by Crippen LogP contribution is 2.16. The molecule has 0 aromatic carbocycles. The van der Waals surface area contributed by atoms with Crippen molar-refractivity contribution in [2.75, 3.05) is 25.4 Å². The van der Waals surface area contributed by atoms with E-state index < -0.39 is 9.84 Å². The molecule has 0 aromatic rings. The molecule has 1 heterocycles. The fourth-order valence-corrected chi connectivity index (χ4v) is 3.24. The smallest absolute Gasteiger partial charge is 0.153 e. The summed E-state index contributed by atoms with van der Waals surface area (Å²) in [5, 5.41) is -0.272. The normalized spacial score (nSPS) is 23.9. The highest BCUT2D eigenvalue weighted by molar-refractivity contribution is 7.92. The van der Waals surface area contributed by atoms with Gasteiger partial charge in [0.25, 0.3) is 0 Å². The first kappa shape index (κ1) is 14.9. The predicted molar refractivity (Wildman–Crippen MR) is 71.8 cm³/mol. The number of nitrogens with zero attached hydrogens (tertiary/aromatic N) is 1. The Morgan fingerprint density at radius 3 is 2.59 bits per heavy atom. The molecule has 1 saturated heterocycles. The number of hydrogen-bond acceptors (Lipinski definition) is 4. The summed E-state index contributed by atoms with van der Waals surface area (Å²) in [5.74, 6) is 0.265. The maximum absolute atomic E-state index is 11.8. The summed E-state index contributed by atoms with van der Waals surface area (Å²) in [4.78, 5) is 2.27. The minimum Gasteiger partial charge on any atom is -0.329 e. The molecule has 5 heteroatoms. The molecule has 0 aromatic heterocycles. The third-order valence-corrected chi connectivity index (χ3v) is 5.84. The fraction of sp³-hybridized carbons (Fsp3) is 1.00. The molecular formula is C12H26N2O2S.